The molecule has 0 fully saturated rings. The van der Waals surface area contributed by atoms with Crippen molar-refractivity contribution in [3.63, 3.8) is 0 Å². The fourth-order valence-electron chi connectivity index (χ4n) is 2.15. The highest BCUT2D eigenvalue weighted by molar-refractivity contribution is 7.89. The van der Waals surface area contributed by atoms with Gasteiger partial charge in [-0.3, -0.25) is 4.98 Å². The van der Waals surface area contributed by atoms with E-state index < -0.39 is 10.0 Å². The molecule has 1 aromatic carbocycles. The molecule has 0 saturated heterocycles. The maximum Gasteiger partial charge on any atom is 0.241 e. The zero-order valence-electron chi connectivity index (χ0n) is 12.3. The number of anilines is 1. The smallest absolute Gasteiger partial charge is 0.241 e. The standard InChI is InChI=1S/C15H19N3O2S/c1-10-8-14(16)9-15(11(10)2)21(19,20)18-12(3)13-4-6-17-7-5-13/h4-9,12,18H,16H2,1-3H3. The normalized spacial score (nSPS) is 13.1. The van der Waals surface area contributed by atoms with Gasteiger partial charge in [-0.15, -0.1) is 0 Å². The maximum absolute atomic E-state index is 12.6. The third-order valence-electron chi connectivity index (χ3n) is 3.47. The minimum atomic E-state index is -3.63. The second-order valence-corrected chi connectivity index (χ2v) is 6.77. The van der Waals surface area contributed by atoms with Crippen molar-refractivity contribution in [3.8, 4) is 0 Å². The summed E-state index contributed by atoms with van der Waals surface area (Å²) in [5, 5.41) is 0. The van der Waals surface area contributed by atoms with Gasteiger partial charge >= 0.3 is 0 Å². The molecule has 5 nitrogen and oxygen atoms in total. The average Bonchev–Trinajstić information content (AvgIpc) is 2.43. The van der Waals surface area contributed by atoms with Crippen molar-refractivity contribution in [2.24, 2.45) is 0 Å². The molecule has 2 aromatic rings. The number of nitrogens with two attached hydrogens (primary N) is 1. The molecule has 0 aliphatic carbocycles. The molecule has 0 saturated carbocycles. The first-order chi connectivity index (χ1) is 9.81. The number of sulfonamides is 1. The van der Waals surface area contributed by atoms with Gasteiger partial charge in [0.15, 0.2) is 0 Å². The van der Waals surface area contributed by atoms with Crippen molar-refractivity contribution in [1.29, 1.82) is 0 Å². The number of nitrogen functional groups attached to an aromatic ring is 1. The Morgan fingerprint density at radius 2 is 1.81 bits per heavy atom. The van der Waals surface area contributed by atoms with Gasteiger partial charge in [-0.05, 0) is 61.7 Å². The summed E-state index contributed by atoms with van der Waals surface area (Å²) >= 11 is 0. The summed E-state index contributed by atoms with van der Waals surface area (Å²) in [4.78, 5) is 4.15. The number of nitrogens with one attached hydrogen (secondary N) is 1. The van der Waals surface area contributed by atoms with E-state index in [2.05, 4.69) is 9.71 Å². The molecule has 2 rings (SSSR count). The van der Waals surface area contributed by atoms with Gasteiger partial charge in [-0.25, -0.2) is 13.1 Å². The van der Waals surface area contributed by atoms with Gasteiger partial charge in [0, 0.05) is 24.1 Å². The van der Waals surface area contributed by atoms with Crippen molar-refractivity contribution < 1.29 is 8.42 Å². The summed E-state index contributed by atoms with van der Waals surface area (Å²) < 4.78 is 27.8. The fourth-order valence-corrected chi connectivity index (χ4v) is 3.73. The summed E-state index contributed by atoms with van der Waals surface area (Å²) in [6.07, 6.45) is 3.27. The molecule has 1 aromatic heterocycles. The van der Waals surface area contributed by atoms with Crippen molar-refractivity contribution in [1.82, 2.24) is 9.71 Å². The molecule has 0 aliphatic heterocycles. The van der Waals surface area contributed by atoms with Gasteiger partial charge in [-0.2, -0.15) is 0 Å². The van der Waals surface area contributed by atoms with Crippen LogP contribution in [-0.4, -0.2) is 13.4 Å². The third kappa shape index (κ3) is 3.40. The molecule has 112 valence electrons. The molecular formula is C15H19N3O2S. The van der Waals surface area contributed by atoms with E-state index in [0.29, 0.717) is 11.3 Å². The van der Waals surface area contributed by atoms with E-state index in [-0.39, 0.29) is 10.9 Å². The van der Waals surface area contributed by atoms with Crippen molar-refractivity contribution >= 4 is 15.7 Å². The van der Waals surface area contributed by atoms with Gasteiger partial charge < -0.3 is 5.73 Å². The van der Waals surface area contributed by atoms with E-state index >= 15 is 0 Å². The van der Waals surface area contributed by atoms with Crippen LogP contribution in [0.4, 0.5) is 5.69 Å². The minimum absolute atomic E-state index is 0.223. The Morgan fingerprint density at radius 3 is 2.43 bits per heavy atom. The van der Waals surface area contributed by atoms with Gasteiger partial charge in [0.2, 0.25) is 10.0 Å². The lowest BCUT2D eigenvalue weighted by Gasteiger charge is -2.17. The molecule has 21 heavy (non-hydrogen) atoms. The van der Waals surface area contributed by atoms with E-state index in [9.17, 15) is 8.42 Å². The van der Waals surface area contributed by atoms with Crippen molar-refractivity contribution in [3.05, 3.63) is 53.3 Å². The lowest BCUT2D eigenvalue weighted by Crippen LogP contribution is -2.27. The third-order valence-corrected chi connectivity index (χ3v) is 5.14. The highest BCUT2D eigenvalue weighted by Gasteiger charge is 2.21. The predicted molar refractivity (Wildman–Crippen MR) is 83.3 cm³/mol. The number of pyridine rings is 1. The lowest BCUT2D eigenvalue weighted by atomic mass is 10.1. The molecule has 0 amide bonds. The van der Waals surface area contributed by atoms with E-state index in [1.54, 1.807) is 44.4 Å². The highest BCUT2D eigenvalue weighted by Crippen LogP contribution is 2.24. The van der Waals surface area contributed by atoms with Gasteiger partial charge in [0.05, 0.1) is 4.90 Å². The molecule has 1 heterocycles. The quantitative estimate of drug-likeness (QED) is 0.849. The Bertz CT molecular complexity index is 743. The zero-order chi connectivity index (χ0) is 15.6. The van der Waals surface area contributed by atoms with Crippen LogP contribution in [0.2, 0.25) is 0 Å². The second kappa shape index (κ2) is 5.83. The van der Waals surface area contributed by atoms with E-state index in [1.807, 2.05) is 6.92 Å². The first kappa shape index (κ1) is 15.5. The molecule has 1 atom stereocenters. The number of nitrogens with zero attached hydrogens (tertiary/aromatic N) is 1. The second-order valence-electron chi connectivity index (χ2n) is 5.08. The Labute approximate surface area is 125 Å². The van der Waals surface area contributed by atoms with Crippen LogP contribution in [0.3, 0.4) is 0 Å². The largest absolute Gasteiger partial charge is 0.399 e. The fraction of sp³-hybridized carbons (Fsp3) is 0.267. The summed E-state index contributed by atoms with van der Waals surface area (Å²) in [5.74, 6) is 0. The topological polar surface area (TPSA) is 85.1 Å². The zero-order valence-corrected chi connectivity index (χ0v) is 13.1. The van der Waals surface area contributed by atoms with Crippen LogP contribution in [0.15, 0.2) is 41.6 Å². The molecule has 3 N–H and O–H groups in total. The van der Waals surface area contributed by atoms with Crippen LogP contribution >= 0.6 is 0 Å². The molecule has 0 bridgehead atoms. The number of aryl methyl sites for hydroxylation is 1. The summed E-state index contributed by atoms with van der Waals surface area (Å²) in [5.41, 5.74) is 8.62. The van der Waals surface area contributed by atoms with Crippen LogP contribution < -0.4 is 10.5 Å². The Kier molecular flexibility index (Phi) is 4.29. The SMILES string of the molecule is Cc1cc(N)cc(S(=O)(=O)NC(C)c2ccncc2)c1C. The first-order valence-electron chi connectivity index (χ1n) is 6.60. The summed E-state index contributed by atoms with van der Waals surface area (Å²) in [6, 6.07) is 6.47. The van der Waals surface area contributed by atoms with Crippen LogP contribution in [0, 0.1) is 13.8 Å². The molecule has 0 radical (unpaired) electrons. The van der Waals surface area contributed by atoms with Crippen LogP contribution in [0.25, 0.3) is 0 Å². The van der Waals surface area contributed by atoms with Crippen LogP contribution in [-0.2, 0) is 10.0 Å². The molecule has 1 unspecified atom stereocenters. The number of hydrogen-bond donors (Lipinski definition) is 2. The summed E-state index contributed by atoms with van der Waals surface area (Å²) in [7, 11) is -3.63. The minimum Gasteiger partial charge on any atom is -0.399 e. The monoisotopic (exact) mass is 305 g/mol. The molecular weight excluding hydrogens is 286 g/mol. The van der Waals surface area contributed by atoms with E-state index in [4.69, 9.17) is 5.73 Å². The highest BCUT2D eigenvalue weighted by atomic mass is 32.2. The van der Waals surface area contributed by atoms with Gasteiger partial charge in [0.1, 0.15) is 0 Å². The Balaban J connectivity index is 2.35. The van der Waals surface area contributed by atoms with E-state index in [0.717, 1.165) is 11.1 Å². The van der Waals surface area contributed by atoms with Crippen molar-refractivity contribution in [2.75, 3.05) is 5.73 Å². The number of aromatic nitrogens is 1. The maximum atomic E-state index is 12.6. The predicted octanol–water partition coefficient (Wildman–Crippen LogP) is 2.32. The van der Waals surface area contributed by atoms with Crippen LogP contribution in [0.1, 0.15) is 29.7 Å². The average molecular weight is 305 g/mol. The molecule has 0 aliphatic rings. The molecule has 6 heteroatoms. The van der Waals surface area contributed by atoms with E-state index in [1.165, 1.54) is 6.07 Å². The Morgan fingerprint density at radius 1 is 1.19 bits per heavy atom. The first-order valence-corrected chi connectivity index (χ1v) is 8.08. The summed E-state index contributed by atoms with van der Waals surface area (Å²) in [6.45, 7) is 5.42. The number of rotatable bonds is 4. The number of hydrogen-bond acceptors (Lipinski definition) is 4. The van der Waals surface area contributed by atoms with Crippen LogP contribution in [0.5, 0.6) is 0 Å². The Hall–Kier alpha value is -1.92. The van der Waals surface area contributed by atoms with Gasteiger partial charge in [0.25, 0.3) is 0 Å². The number of benzene rings is 1. The molecule has 0 spiro atoms. The van der Waals surface area contributed by atoms with Gasteiger partial charge in [-0.1, -0.05) is 0 Å². The van der Waals surface area contributed by atoms with Crippen molar-refractivity contribution in [2.45, 2.75) is 31.7 Å². The lowest BCUT2D eigenvalue weighted by molar-refractivity contribution is 0.566.